The second-order valence-electron chi connectivity index (χ2n) is 9.68. The normalized spacial score (nSPS) is 13.9. The molecular weight excluding hydrogens is 496 g/mol. The van der Waals surface area contributed by atoms with Crippen LogP contribution in [0.3, 0.4) is 0 Å². The molecule has 1 aromatic carbocycles. The lowest BCUT2D eigenvalue weighted by molar-refractivity contribution is -0.142. The van der Waals surface area contributed by atoms with Gasteiger partial charge < -0.3 is 14.2 Å². The first-order valence-corrected chi connectivity index (χ1v) is 13.6. The minimum absolute atomic E-state index is 0.0411. The molecule has 1 aliphatic heterocycles. The fourth-order valence-corrected chi connectivity index (χ4v) is 4.71. The molecule has 1 aliphatic rings. The summed E-state index contributed by atoms with van der Waals surface area (Å²) >= 11 is 1.17. The number of nitrogens with zero attached hydrogens (tertiary/aromatic N) is 2. The van der Waals surface area contributed by atoms with E-state index < -0.39 is 39.4 Å². The SMILES string of the molecule is CCOC(=O)CC1=CSc2cc(N(C(=O)OC(C)(C)C)S(C)(=O)=O)ccc2N1C(=O)OC(C)(C)C. The fraction of sp³-hybridized carbons (Fsp3) is 0.522. The zero-order chi connectivity index (χ0) is 26.8. The van der Waals surface area contributed by atoms with Gasteiger partial charge in [0.1, 0.15) is 11.2 Å². The van der Waals surface area contributed by atoms with Crippen molar-refractivity contribution in [2.45, 2.75) is 71.0 Å². The maximum atomic E-state index is 13.1. The number of sulfonamides is 1. The molecule has 10 nitrogen and oxygen atoms in total. The van der Waals surface area contributed by atoms with Crippen molar-refractivity contribution in [1.29, 1.82) is 0 Å². The van der Waals surface area contributed by atoms with Crippen LogP contribution in [0, 0.1) is 0 Å². The number of hydrogen-bond donors (Lipinski definition) is 0. The Balaban J connectivity index is 2.54. The van der Waals surface area contributed by atoms with Crippen molar-refractivity contribution in [3.63, 3.8) is 0 Å². The van der Waals surface area contributed by atoms with Crippen molar-refractivity contribution < 1.29 is 37.0 Å². The number of ether oxygens (including phenoxy) is 3. The predicted molar refractivity (Wildman–Crippen MR) is 134 cm³/mol. The summed E-state index contributed by atoms with van der Waals surface area (Å²) in [5.41, 5.74) is -0.969. The Hall–Kier alpha value is -2.73. The molecular formula is C23H32N2O8S2. The number of fused-ring (bicyclic) bond motifs is 1. The number of thioether (sulfide) groups is 1. The Morgan fingerprint density at radius 3 is 2.14 bits per heavy atom. The lowest BCUT2D eigenvalue weighted by Gasteiger charge is -2.33. The van der Waals surface area contributed by atoms with Crippen LogP contribution in [0.25, 0.3) is 0 Å². The number of hydrogen-bond acceptors (Lipinski definition) is 9. The van der Waals surface area contributed by atoms with Crippen LogP contribution in [0.2, 0.25) is 0 Å². The topological polar surface area (TPSA) is 120 Å². The number of esters is 1. The molecule has 2 amide bonds. The van der Waals surface area contributed by atoms with Gasteiger partial charge in [0.05, 0.1) is 30.7 Å². The first-order chi connectivity index (χ1) is 15.9. The Morgan fingerprint density at radius 2 is 1.63 bits per heavy atom. The lowest BCUT2D eigenvalue weighted by atomic mass is 10.2. The summed E-state index contributed by atoms with van der Waals surface area (Å²) in [5.74, 6) is -0.513. The maximum Gasteiger partial charge on any atom is 0.428 e. The molecule has 0 aliphatic carbocycles. The van der Waals surface area contributed by atoms with Crippen LogP contribution in [0.15, 0.2) is 34.2 Å². The van der Waals surface area contributed by atoms with Crippen LogP contribution in [-0.2, 0) is 29.0 Å². The predicted octanol–water partition coefficient (Wildman–Crippen LogP) is 5.03. The average molecular weight is 529 g/mol. The molecule has 1 heterocycles. The highest BCUT2D eigenvalue weighted by Crippen LogP contribution is 2.43. The molecule has 0 bridgehead atoms. The number of carbonyl (C=O) groups excluding carboxylic acids is 3. The van der Waals surface area contributed by atoms with Crippen molar-refractivity contribution in [3.8, 4) is 0 Å². The molecule has 0 aromatic heterocycles. The van der Waals surface area contributed by atoms with E-state index in [-0.39, 0.29) is 18.7 Å². The summed E-state index contributed by atoms with van der Waals surface area (Å²) in [7, 11) is -4.04. The van der Waals surface area contributed by atoms with Gasteiger partial charge in [-0.15, -0.1) is 0 Å². The van der Waals surface area contributed by atoms with Crippen LogP contribution in [-0.4, -0.2) is 50.6 Å². The van der Waals surface area contributed by atoms with Gasteiger partial charge in [-0.25, -0.2) is 22.9 Å². The Kier molecular flexibility index (Phi) is 8.54. The van der Waals surface area contributed by atoms with E-state index in [0.717, 1.165) is 6.26 Å². The van der Waals surface area contributed by atoms with Crippen molar-refractivity contribution in [2.24, 2.45) is 0 Å². The van der Waals surface area contributed by atoms with Gasteiger partial charge in [0.15, 0.2) is 0 Å². The lowest BCUT2D eigenvalue weighted by Crippen LogP contribution is -2.40. The molecule has 1 aromatic rings. The number of rotatable bonds is 5. The molecule has 0 radical (unpaired) electrons. The number of carbonyl (C=O) groups is 3. The highest BCUT2D eigenvalue weighted by molar-refractivity contribution is 8.02. The van der Waals surface area contributed by atoms with Gasteiger partial charge in [0.2, 0.25) is 10.0 Å². The van der Waals surface area contributed by atoms with Crippen LogP contribution in [0.1, 0.15) is 54.9 Å². The van der Waals surface area contributed by atoms with Gasteiger partial charge in [-0.3, -0.25) is 4.79 Å². The molecule has 0 saturated heterocycles. The van der Waals surface area contributed by atoms with E-state index in [1.54, 1.807) is 53.9 Å². The van der Waals surface area contributed by atoms with Gasteiger partial charge in [-0.1, -0.05) is 11.8 Å². The third-order valence-electron chi connectivity index (χ3n) is 4.13. The highest BCUT2D eigenvalue weighted by atomic mass is 32.2. The number of anilines is 2. The molecule has 0 spiro atoms. The van der Waals surface area contributed by atoms with E-state index in [4.69, 9.17) is 14.2 Å². The summed E-state index contributed by atoms with van der Waals surface area (Å²) in [4.78, 5) is 39.7. The van der Waals surface area contributed by atoms with Crippen molar-refractivity contribution in [1.82, 2.24) is 0 Å². The van der Waals surface area contributed by atoms with E-state index in [1.165, 1.54) is 34.9 Å². The Morgan fingerprint density at radius 1 is 1.03 bits per heavy atom. The molecule has 0 unspecified atom stereocenters. The van der Waals surface area contributed by atoms with Crippen molar-refractivity contribution >= 4 is 51.3 Å². The van der Waals surface area contributed by atoms with Crippen LogP contribution in [0.4, 0.5) is 21.0 Å². The molecule has 0 fully saturated rings. The first-order valence-electron chi connectivity index (χ1n) is 10.8. The third-order valence-corrected chi connectivity index (χ3v) is 6.12. The largest absolute Gasteiger partial charge is 0.466 e. The van der Waals surface area contributed by atoms with E-state index in [1.807, 2.05) is 0 Å². The standard InChI is InChI=1S/C23H32N2O8S2/c1-9-31-19(26)13-16-14-34-18-12-15(25(35(8,29)30)21(28)33-23(5,6)7)10-11-17(18)24(16)20(27)32-22(2,3)4/h10-12,14H,9,13H2,1-8H3. The molecule has 2 rings (SSSR count). The Labute approximate surface area is 210 Å². The Bertz CT molecular complexity index is 1130. The minimum Gasteiger partial charge on any atom is -0.466 e. The number of amides is 2. The third kappa shape index (κ3) is 7.89. The van der Waals surface area contributed by atoms with E-state index in [9.17, 15) is 22.8 Å². The number of benzene rings is 1. The zero-order valence-corrected chi connectivity index (χ0v) is 22.8. The van der Waals surface area contributed by atoms with Crippen LogP contribution < -0.4 is 9.21 Å². The second-order valence-corrected chi connectivity index (χ2v) is 12.4. The molecule has 35 heavy (non-hydrogen) atoms. The summed E-state index contributed by atoms with van der Waals surface area (Å²) < 4.78 is 41.3. The van der Waals surface area contributed by atoms with Gasteiger partial charge in [0, 0.05) is 10.6 Å². The van der Waals surface area contributed by atoms with Gasteiger partial charge >= 0.3 is 18.2 Å². The molecule has 0 saturated carbocycles. The van der Waals surface area contributed by atoms with Gasteiger partial charge in [-0.2, -0.15) is 4.31 Å². The highest BCUT2D eigenvalue weighted by Gasteiger charge is 2.35. The monoisotopic (exact) mass is 528 g/mol. The fourth-order valence-electron chi connectivity index (χ4n) is 2.99. The van der Waals surface area contributed by atoms with Crippen molar-refractivity contribution in [3.05, 3.63) is 29.3 Å². The summed E-state index contributed by atoms with van der Waals surface area (Å²) in [6.07, 6.45) is -1.04. The first kappa shape index (κ1) is 28.5. The quantitative estimate of drug-likeness (QED) is 0.383. The smallest absolute Gasteiger partial charge is 0.428 e. The van der Waals surface area contributed by atoms with Crippen LogP contribution in [0.5, 0.6) is 0 Å². The summed E-state index contributed by atoms with van der Waals surface area (Å²) in [6.45, 7) is 11.9. The molecule has 0 atom stereocenters. The van der Waals surface area contributed by atoms with Gasteiger partial charge in [-0.05, 0) is 72.1 Å². The van der Waals surface area contributed by atoms with Crippen molar-refractivity contribution in [2.75, 3.05) is 22.1 Å². The van der Waals surface area contributed by atoms with Crippen LogP contribution >= 0.6 is 11.8 Å². The maximum absolute atomic E-state index is 13.1. The second kappa shape index (κ2) is 10.5. The zero-order valence-electron chi connectivity index (χ0n) is 21.2. The van der Waals surface area contributed by atoms with E-state index in [0.29, 0.717) is 20.6 Å². The molecule has 194 valence electrons. The average Bonchev–Trinajstić information content (AvgIpc) is 2.64. The molecule has 12 heteroatoms. The van der Waals surface area contributed by atoms with E-state index >= 15 is 0 Å². The van der Waals surface area contributed by atoms with Gasteiger partial charge in [0.25, 0.3) is 0 Å². The summed E-state index contributed by atoms with van der Waals surface area (Å²) in [6, 6.07) is 4.33. The summed E-state index contributed by atoms with van der Waals surface area (Å²) in [5, 5.41) is 1.59. The van der Waals surface area contributed by atoms with E-state index in [2.05, 4.69) is 0 Å². The minimum atomic E-state index is -4.04. The molecule has 0 N–H and O–H groups in total.